The van der Waals surface area contributed by atoms with Gasteiger partial charge in [0.1, 0.15) is 5.75 Å². The van der Waals surface area contributed by atoms with Gasteiger partial charge in [-0.1, -0.05) is 30.3 Å². The van der Waals surface area contributed by atoms with E-state index in [2.05, 4.69) is 36.2 Å². The highest BCUT2D eigenvalue weighted by atomic mass is 16.5. The van der Waals surface area contributed by atoms with Gasteiger partial charge in [-0.05, 0) is 31.5 Å². The van der Waals surface area contributed by atoms with Crippen LogP contribution in [0.3, 0.4) is 0 Å². The van der Waals surface area contributed by atoms with Crippen LogP contribution < -0.4 is 15.8 Å². The molecule has 134 valence electrons. The van der Waals surface area contributed by atoms with E-state index in [4.69, 9.17) is 10.5 Å². The van der Waals surface area contributed by atoms with Crippen molar-refractivity contribution in [1.82, 2.24) is 4.90 Å². The Morgan fingerprint density at radius 2 is 1.92 bits per heavy atom. The van der Waals surface area contributed by atoms with Crippen molar-refractivity contribution in [3.8, 4) is 5.75 Å². The maximum Gasteiger partial charge on any atom is 0.225 e. The van der Waals surface area contributed by atoms with Crippen LogP contribution in [-0.2, 0) is 11.3 Å². The number of nitrogen functional groups attached to an aromatic ring is 1. The van der Waals surface area contributed by atoms with Crippen LogP contribution in [0.4, 0.5) is 11.4 Å². The second-order valence-corrected chi connectivity index (χ2v) is 6.30. The lowest BCUT2D eigenvalue weighted by atomic mass is 10.2. The van der Waals surface area contributed by atoms with E-state index < -0.39 is 0 Å². The molecule has 2 rings (SSSR count). The topological polar surface area (TPSA) is 67.6 Å². The fraction of sp³-hybridized carbons (Fsp3) is 0.350. The number of hydrogen-bond donors (Lipinski definition) is 2. The number of nitrogens with two attached hydrogens (primary N) is 1. The maximum absolute atomic E-state index is 12.3. The molecule has 0 atom stereocenters. The normalized spacial score (nSPS) is 10.9. The maximum atomic E-state index is 12.3. The molecule has 0 aliphatic heterocycles. The second-order valence-electron chi connectivity index (χ2n) is 6.30. The molecule has 0 aromatic heterocycles. The number of anilines is 2. The predicted octanol–water partition coefficient (Wildman–Crippen LogP) is 3.52. The predicted molar refractivity (Wildman–Crippen MR) is 103 cm³/mol. The molecule has 0 unspecified atom stereocenters. The first kappa shape index (κ1) is 18.8. The Morgan fingerprint density at radius 1 is 1.20 bits per heavy atom. The molecule has 0 fully saturated rings. The van der Waals surface area contributed by atoms with Gasteiger partial charge in [0, 0.05) is 31.6 Å². The minimum absolute atomic E-state index is 0.0458. The van der Waals surface area contributed by atoms with Gasteiger partial charge in [0.25, 0.3) is 0 Å². The Balaban J connectivity index is 1.90. The molecule has 0 heterocycles. The lowest BCUT2D eigenvalue weighted by molar-refractivity contribution is -0.116. The summed E-state index contributed by atoms with van der Waals surface area (Å²) < 4.78 is 5.12. The molecule has 0 spiro atoms. The van der Waals surface area contributed by atoms with Gasteiger partial charge in [0.2, 0.25) is 5.91 Å². The van der Waals surface area contributed by atoms with Crippen molar-refractivity contribution in [2.75, 3.05) is 24.7 Å². The summed E-state index contributed by atoms with van der Waals surface area (Å²) in [5.74, 6) is 0.625. The number of rotatable bonds is 8. The third-order valence-electron chi connectivity index (χ3n) is 4.12. The number of nitrogens with zero attached hydrogens (tertiary/aromatic N) is 1. The smallest absolute Gasteiger partial charge is 0.225 e. The molecule has 5 heteroatoms. The summed E-state index contributed by atoms with van der Waals surface area (Å²) in [6.07, 6.45) is 0.413. The highest BCUT2D eigenvalue weighted by molar-refractivity contribution is 5.94. The van der Waals surface area contributed by atoms with Crippen LogP contribution in [-0.4, -0.2) is 30.5 Å². The number of carbonyl (C=O) groups excluding carboxylic acids is 1. The van der Waals surface area contributed by atoms with Crippen LogP contribution in [0.25, 0.3) is 0 Å². The van der Waals surface area contributed by atoms with E-state index in [1.54, 1.807) is 25.3 Å². The quantitative estimate of drug-likeness (QED) is 0.721. The summed E-state index contributed by atoms with van der Waals surface area (Å²) in [5, 5.41) is 2.87. The van der Waals surface area contributed by atoms with Crippen LogP contribution in [0.2, 0.25) is 0 Å². The first-order valence-electron chi connectivity index (χ1n) is 8.51. The van der Waals surface area contributed by atoms with Crippen molar-refractivity contribution >= 4 is 17.3 Å². The zero-order valence-electron chi connectivity index (χ0n) is 15.2. The molecule has 2 aromatic rings. The molecule has 1 amide bonds. The van der Waals surface area contributed by atoms with Gasteiger partial charge in [-0.25, -0.2) is 0 Å². The SMILES string of the molecule is COc1ccc(NC(=O)CCN(Cc2ccccc2)C(C)C)c(N)c1. The van der Waals surface area contributed by atoms with Crippen molar-refractivity contribution < 1.29 is 9.53 Å². The third kappa shape index (κ3) is 5.80. The second kappa shape index (κ2) is 9.08. The molecule has 0 aliphatic carbocycles. The van der Waals surface area contributed by atoms with E-state index in [0.717, 1.165) is 6.54 Å². The number of benzene rings is 2. The fourth-order valence-corrected chi connectivity index (χ4v) is 2.58. The Morgan fingerprint density at radius 3 is 2.52 bits per heavy atom. The molecule has 0 saturated carbocycles. The Bertz CT molecular complexity index is 687. The molecule has 0 bridgehead atoms. The lowest BCUT2D eigenvalue weighted by Crippen LogP contribution is -2.33. The standard InChI is InChI=1S/C20H27N3O2/c1-15(2)23(14-16-7-5-4-6-8-16)12-11-20(24)22-19-10-9-17(25-3)13-18(19)21/h4-10,13,15H,11-12,14,21H2,1-3H3,(H,22,24). The van der Waals surface area contributed by atoms with Crippen molar-refractivity contribution in [2.45, 2.75) is 32.9 Å². The summed E-state index contributed by atoms with van der Waals surface area (Å²) in [6, 6.07) is 15.9. The van der Waals surface area contributed by atoms with Crippen LogP contribution in [0, 0.1) is 0 Å². The lowest BCUT2D eigenvalue weighted by Gasteiger charge is -2.26. The van der Waals surface area contributed by atoms with Crippen LogP contribution in [0.5, 0.6) is 5.75 Å². The van der Waals surface area contributed by atoms with Gasteiger partial charge in [0.15, 0.2) is 0 Å². The Hall–Kier alpha value is -2.53. The van der Waals surface area contributed by atoms with E-state index >= 15 is 0 Å². The average Bonchev–Trinajstić information content (AvgIpc) is 2.61. The average molecular weight is 341 g/mol. The first-order valence-corrected chi connectivity index (χ1v) is 8.51. The molecule has 5 nitrogen and oxygen atoms in total. The number of methoxy groups -OCH3 is 1. The van der Waals surface area contributed by atoms with Crippen LogP contribution >= 0.6 is 0 Å². The monoisotopic (exact) mass is 341 g/mol. The summed E-state index contributed by atoms with van der Waals surface area (Å²) in [5.41, 5.74) is 8.31. The Labute approximate surface area is 149 Å². The summed E-state index contributed by atoms with van der Waals surface area (Å²) >= 11 is 0. The number of ether oxygens (including phenoxy) is 1. The zero-order valence-corrected chi connectivity index (χ0v) is 15.2. The molecule has 3 N–H and O–H groups in total. The minimum Gasteiger partial charge on any atom is -0.497 e. The summed E-state index contributed by atoms with van der Waals surface area (Å²) in [7, 11) is 1.58. The fourth-order valence-electron chi connectivity index (χ4n) is 2.58. The largest absolute Gasteiger partial charge is 0.497 e. The molecule has 0 saturated heterocycles. The van der Waals surface area contributed by atoms with Crippen molar-refractivity contribution in [3.05, 3.63) is 54.1 Å². The van der Waals surface area contributed by atoms with Gasteiger partial charge < -0.3 is 15.8 Å². The molecule has 0 aliphatic rings. The molecular formula is C20H27N3O2. The number of carbonyl (C=O) groups is 1. The van der Waals surface area contributed by atoms with E-state index in [-0.39, 0.29) is 5.91 Å². The number of nitrogens with one attached hydrogen (secondary N) is 1. The highest BCUT2D eigenvalue weighted by Crippen LogP contribution is 2.24. The van der Waals surface area contributed by atoms with Crippen molar-refractivity contribution in [2.24, 2.45) is 0 Å². The van der Waals surface area contributed by atoms with Crippen molar-refractivity contribution in [1.29, 1.82) is 0 Å². The zero-order chi connectivity index (χ0) is 18.2. The molecule has 2 aromatic carbocycles. The van der Waals surface area contributed by atoms with Gasteiger partial charge in [0.05, 0.1) is 18.5 Å². The Kier molecular flexibility index (Phi) is 6.83. The minimum atomic E-state index is -0.0458. The van der Waals surface area contributed by atoms with E-state index in [1.807, 2.05) is 18.2 Å². The highest BCUT2D eigenvalue weighted by Gasteiger charge is 2.13. The van der Waals surface area contributed by atoms with Crippen molar-refractivity contribution in [3.63, 3.8) is 0 Å². The van der Waals surface area contributed by atoms with E-state index in [1.165, 1.54) is 5.56 Å². The van der Waals surface area contributed by atoms with Gasteiger partial charge in [-0.15, -0.1) is 0 Å². The number of hydrogen-bond acceptors (Lipinski definition) is 4. The number of amides is 1. The van der Waals surface area contributed by atoms with Crippen LogP contribution in [0.1, 0.15) is 25.8 Å². The third-order valence-corrected chi connectivity index (χ3v) is 4.12. The van der Waals surface area contributed by atoms with E-state index in [9.17, 15) is 4.79 Å². The molecular weight excluding hydrogens is 314 g/mol. The molecule has 25 heavy (non-hydrogen) atoms. The van der Waals surface area contributed by atoms with Crippen LogP contribution in [0.15, 0.2) is 48.5 Å². The van der Waals surface area contributed by atoms with Gasteiger partial charge in [-0.3, -0.25) is 9.69 Å². The molecule has 0 radical (unpaired) electrons. The summed E-state index contributed by atoms with van der Waals surface area (Å²) in [4.78, 5) is 14.6. The summed E-state index contributed by atoms with van der Waals surface area (Å²) in [6.45, 7) is 5.80. The van der Waals surface area contributed by atoms with Gasteiger partial charge in [-0.2, -0.15) is 0 Å². The van der Waals surface area contributed by atoms with E-state index in [0.29, 0.717) is 36.1 Å². The first-order chi connectivity index (χ1) is 12.0. The van der Waals surface area contributed by atoms with Gasteiger partial charge >= 0.3 is 0 Å².